The predicted octanol–water partition coefficient (Wildman–Crippen LogP) is 1.67. The minimum absolute atomic E-state index is 0.268. The molecule has 2 aromatic carbocycles. The van der Waals surface area contributed by atoms with Gasteiger partial charge in [0.1, 0.15) is 6.04 Å². The summed E-state index contributed by atoms with van der Waals surface area (Å²) in [5.74, 6) is -1.19. The molecule has 29 heavy (non-hydrogen) atoms. The van der Waals surface area contributed by atoms with Crippen LogP contribution in [-0.2, 0) is 4.79 Å². The molecule has 2 amide bonds. The number of carbonyl (C=O) groups excluding carboxylic acids is 2. The van der Waals surface area contributed by atoms with Crippen LogP contribution >= 0.6 is 0 Å². The fourth-order valence-corrected chi connectivity index (χ4v) is 2.64. The highest BCUT2D eigenvalue weighted by molar-refractivity contribution is 5.96. The summed E-state index contributed by atoms with van der Waals surface area (Å²) in [4.78, 5) is 24.6. The molecule has 4 N–H and O–H groups in total. The Bertz CT molecular complexity index is 1000. The number of hydrazine groups is 1. The first-order chi connectivity index (χ1) is 13.8. The van der Waals surface area contributed by atoms with E-state index in [1.54, 1.807) is 19.1 Å². The molecule has 0 spiro atoms. The Kier molecular flexibility index (Phi) is 6.91. The molecule has 0 aliphatic heterocycles. The van der Waals surface area contributed by atoms with Gasteiger partial charge in [-0.2, -0.15) is 10.5 Å². The van der Waals surface area contributed by atoms with Gasteiger partial charge in [0, 0.05) is 11.3 Å². The van der Waals surface area contributed by atoms with E-state index in [4.69, 9.17) is 10.5 Å². The van der Waals surface area contributed by atoms with Gasteiger partial charge in [-0.05, 0) is 68.3 Å². The standard InChI is InChI=1S/C21H21N5O3/c1-12-13(2)18(9-8-17(12)11-23)24-19(14(3)27)21(29)26-25-20(28)16-6-4-15(10-22)5-7-16/h4-9,14,19,24,27H,1-3H3,(H,25,28)(H,26,29)/t14-,19-/m1/s1. The average molecular weight is 391 g/mol. The molecular weight excluding hydrogens is 370 g/mol. The van der Waals surface area contributed by atoms with Gasteiger partial charge in [-0.15, -0.1) is 0 Å². The summed E-state index contributed by atoms with van der Waals surface area (Å²) in [6.45, 7) is 5.06. The summed E-state index contributed by atoms with van der Waals surface area (Å²) in [6.07, 6.45) is -1.06. The maximum absolute atomic E-state index is 12.5. The lowest BCUT2D eigenvalue weighted by molar-refractivity contribution is -0.124. The van der Waals surface area contributed by atoms with Gasteiger partial charge in [0.2, 0.25) is 0 Å². The van der Waals surface area contributed by atoms with E-state index in [0.29, 0.717) is 16.8 Å². The highest BCUT2D eigenvalue weighted by Crippen LogP contribution is 2.23. The van der Waals surface area contributed by atoms with Crippen molar-refractivity contribution in [2.45, 2.75) is 32.9 Å². The molecule has 2 rings (SSSR count). The summed E-state index contributed by atoms with van der Waals surface area (Å²) in [5, 5.41) is 30.9. The number of anilines is 1. The van der Waals surface area contributed by atoms with Gasteiger partial charge in [0.05, 0.1) is 29.4 Å². The van der Waals surface area contributed by atoms with Crippen LogP contribution in [0.15, 0.2) is 36.4 Å². The topological polar surface area (TPSA) is 138 Å². The minimum Gasteiger partial charge on any atom is -0.391 e. The largest absolute Gasteiger partial charge is 0.391 e. The van der Waals surface area contributed by atoms with Gasteiger partial charge in [-0.1, -0.05) is 0 Å². The quantitative estimate of drug-likeness (QED) is 0.572. The normalized spacial score (nSPS) is 12.1. The van der Waals surface area contributed by atoms with Crippen LogP contribution in [0.5, 0.6) is 0 Å². The summed E-state index contributed by atoms with van der Waals surface area (Å²) >= 11 is 0. The number of hydrogen-bond acceptors (Lipinski definition) is 6. The van der Waals surface area contributed by atoms with Crippen LogP contribution in [0.4, 0.5) is 5.69 Å². The van der Waals surface area contributed by atoms with E-state index in [0.717, 1.165) is 11.1 Å². The van der Waals surface area contributed by atoms with Crippen LogP contribution in [0.3, 0.4) is 0 Å². The zero-order chi connectivity index (χ0) is 21.6. The van der Waals surface area contributed by atoms with Crippen molar-refractivity contribution in [2.75, 3.05) is 5.32 Å². The van der Waals surface area contributed by atoms with E-state index in [9.17, 15) is 14.7 Å². The number of nitrogens with one attached hydrogen (secondary N) is 3. The molecule has 148 valence electrons. The first-order valence-electron chi connectivity index (χ1n) is 8.83. The van der Waals surface area contributed by atoms with Crippen LogP contribution in [0.1, 0.15) is 39.5 Å². The van der Waals surface area contributed by atoms with Crippen LogP contribution in [0.25, 0.3) is 0 Å². The molecular formula is C21H21N5O3. The third-order valence-corrected chi connectivity index (χ3v) is 4.56. The first kappa shape index (κ1) is 21.4. The number of amides is 2. The Balaban J connectivity index is 2.08. The van der Waals surface area contributed by atoms with Gasteiger partial charge in [-0.25, -0.2) is 0 Å². The molecule has 0 bridgehead atoms. The van der Waals surface area contributed by atoms with E-state index in [1.807, 2.05) is 13.0 Å². The van der Waals surface area contributed by atoms with Crippen molar-refractivity contribution in [3.8, 4) is 12.1 Å². The van der Waals surface area contributed by atoms with Crippen LogP contribution in [0, 0.1) is 36.5 Å². The van der Waals surface area contributed by atoms with Gasteiger partial charge in [0.25, 0.3) is 11.8 Å². The van der Waals surface area contributed by atoms with Crippen molar-refractivity contribution >= 4 is 17.5 Å². The third-order valence-electron chi connectivity index (χ3n) is 4.56. The maximum Gasteiger partial charge on any atom is 0.269 e. The zero-order valence-corrected chi connectivity index (χ0v) is 16.3. The predicted molar refractivity (Wildman–Crippen MR) is 106 cm³/mol. The number of nitrogens with zero attached hydrogens (tertiary/aromatic N) is 2. The molecule has 0 aliphatic carbocycles. The van der Waals surface area contributed by atoms with Gasteiger partial charge < -0.3 is 10.4 Å². The lowest BCUT2D eigenvalue weighted by atomic mass is 10.0. The molecule has 0 aliphatic rings. The molecule has 8 nitrogen and oxygen atoms in total. The lowest BCUT2D eigenvalue weighted by Crippen LogP contribution is -2.52. The van der Waals surface area contributed by atoms with Gasteiger partial charge >= 0.3 is 0 Å². The second-order valence-electron chi connectivity index (χ2n) is 6.52. The highest BCUT2D eigenvalue weighted by atomic mass is 16.3. The Hall–Kier alpha value is -3.88. The fourth-order valence-electron chi connectivity index (χ4n) is 2.64. The SMILES string of the molecule is Cc1c(C#N)ccc(N[C@@H](C(=O)NNC(=O)c2ccc(C#N)cc2)[C@@H](C)O)c1C. The number of aliphatic hydroxyl groups is 1. The minimum atomic E-state index is -1.06. The Morgan fingerprint density at radius 1 is 0.966 bits per heavy atom. The van der Waals surface area contributed by atoms with Crippen molar-refractivity contribution in [1.82, 2.24) is 10.9 Å². The van der Waals surface area contributed by atoms with Crippen LogP contribution in [-0.4, -0.2) is 29.1 Å². The molecule has 0 aromatic heterocycles. The molecule has 0 unspecified atom stereocenters. The van der Waals surface area contributed by atoms with Crippen molar-refractivity contribution < 1.29 is 14.7 Å². The molecule has 2 aromatic rings. The van der Waals surface area contributed by atoms with Crippen molar-refractivity contribution in [3.05, 3.63) is 64.2 Å². The monoisotopic (exact) mass is 391 g/mol. The highest BCUT2D eigenvalue weighted by Gasteiger charge is 2.25. The maximum atomic E-state index is 12.5. The summed E-state index contributed by atoms with van der Waals surface area (Å²) in [7, 11) is 0. The summed E-state index contributed by atoms with van der Waals surface area (Å²) in [5.41, 5.74) is 7.94. The summed E-state index contributed by atoms with van der Waals surface area (Å²) < 4.78 is 0. The van der Waals surface area contributed by atoms with Crippen LogP contribution in [0.2, 0.25) is 0 Å². The number of benzene rings is 2. The van der Waals surface area contributed by atoms with E-state index in [1.165, 1.54) is 31.2 Å². The van der Waals surface area contributed by atoms with Crippen LogP contribution < -0.4 is 16.2 Å². The second-order valence-corrected chi connectivity index (χ2v) is 6.52. The fraction of sp³-hybridized carbons (Fsp3) is 0.238. The summed E-state index contributed by atoms with van der Waals surface area (Å²) in [6, 6.07) is 12.2. The molecule has 0 heterocycles. The molecule has 0 saturated heterocycles. The van der Waals surface area contributed by atoms with Crippen molar-refractivity contribution in [1.29, 1.82) is 10.5 Å². The molecule has 8 heteroatoms. The van der Waals surface area contributed by atoms with E-state index < -0.39 is 24.0 Å². The molecule has 0 radical (unpaired) electrons. The van der Waals surface area contributed by atoms with Gasteiger partial charge in [0.15, 0.2) is 0 Å². The van der Waals surface area contributed by atoms with E-state index in [-0.39, 0.29) is 5.56 Å². The Morgan fingerprint density at radius 3 is 2.17 bits per heavy atom. The molecule has 0 fully saturated rings. The van der Waals surface area contributed by atoms with E-state index in [2.05, 4.69) is 22.2 Å². The Labute approximate surface area is 168 Å². The molecule has 2 atom stereocenters. The smallest absolute Gasteiger partial charge is 0.269 e. The van der Waals surface area contributed by atoms with E-state index >= 15 is 0 Å². The number of carbonyl (C=O) groups is 2. The third kappa shape index (κ3) is 5.10. The average Bonchev–Trinajstić information content (AvgIpc) is 2.72. The number of hydrogen-bond donors (Lipinski definition) is 4. The first-order valence-corrected chi connectivity index (χ1v) is 8.83. The van der Waals surface area contributed by atoms with Crippen molar-refractivity contribution in [3.63, 3.8) is 0 Å². The van der Waals surface area contributed by atoms with Crippen molar-refractivity contribution in [2.24, 2.45) is 0 Å². The lowest BCUT2D eigenvalue weighted by Gasteiger charge is -2.23. The number of rotatable bonds is 5. The molecule has 0 saturated carbocycles. The zero-order valence-electron chi connectivity index (χ0n) is 16.3. The second kappa shape index (κ2) is 9.36. The number of aliphatic hydroxyl groups excluding tert-OH is 1. The Morgan fingerprint density at radius 2 is 1.62 bits per heavy atom. The van der Waals surface area contributed by atoms with Gasteiger partial charge in [-0.3, -0.25) is 20.4 Å². The number of nitriles is 2.